The van der Waals surface area contributed by atoms with Crippen molar-refractivity contribution in [1.82, 2.24) is 0 Å². The van der Waals surface area contributed by atoms with Gasteiger partial charge in [0, 0.05) is 5.56 Å². The van der Waals surface area contributed by atoms with E-state index >= 15 is 0 Å². The highest BCUT2D eigenvalue weighted by Crippen LogP contribution is 2.37. The summed E-state index contributed by atoms with van der Waals surface area (Å²) >= 11 is 0. The normalized spacial score (nSPS) is 13.3. The minimum atomic E-state index is -4.56. The van der Waals surface area contributed by atoms with Crippen LogP contribution in [0.2, 0.25) is 0 Å². The zero-order valence-electron chi connectivity index (χ0n) is 12.2. The second kappa shape index (κ2) is 6.35. The first-order chi connectivity index (χ1) is 10.4. The molecule has 0 spiro atoms. The van der Waals surface area contributed by atoms with E-state index in [9.17, 15) is 18.4 Å². The standard InChI is InChI=1S/C16H13F3N3.HI/c1-21-7-8-22-14(11-5-3-2-4-6-11)9-13(16(17,18)19)12(10-20)15(21)22;/h2-6,9H,7-8H2,1H3;1H/q+1;/p-1. The van der Waals surface area contributed by atoms with Crippen LogP contribution in [0, 0.1) is 11.3 Å². The van der Waals surface area contributed by atoms with Gasteiger partial charge in [0.2, 0.25) is 0 Å². The van der Waals surface area contributed by atoms with Crippen LogP contribution in [0.4, 0.5) is 19.0 Å². The van der Waals surface area contributed by atoms with E-state index in [1.54, 1.807) is 46.8 Å². The molecular formula is C16H13F3IN3. The number of pyridine rings is 1. The van der Waals surface area contributed by atoms with Gasteiger partial charge in [-0.2, -0.15) is 18.4 Å². The molecule has 2 aromatic rings. The maximum Gasteiger partial charge on any atom is 0.418 e. The molecule has 0 fully saturated rings. The average molecular weight is 431 g/mol. The van der Waals surface area contributed by atoms with Crippen molar-refractivity contribution in [3.63, 3.8) is 0 Å². The van der Waals surface area contributed by atoms with Gasteiger partial charge >= 0.3 is 6.18 Å². The van der Waals surface area contributed by atoms with E-state index < -0.39 is 11.7 Å². The molecule has 0 saturated carbocycles. The van der Waals surface area contributed by atoms with E-state index in [1.165, 1.54) is 0 Å². The lowest BCUT2D eigenvalue weighted by molar-refractivity contribution is -0.660. The van der Waals surface area contributed by atoms with E-state index in [4.69, 9.17) is 0 Å². The van der Waals surface area contributed by atoms with Gasteiger partial charge in [-0.05, 0) is 6.07 Å². The second-order valence-corrected chi connectivity index (χ2v) is 5.19. The Morgan fingerprint density at radius 1 is 1.22 bits per heavy atom. The number of rotatable bonds is 1. The van der Waals surface area contributed by atoms with E-state index in [1.807, 2.05) is 6.07 Å². The third kappa shape index (κ3) is 3.00. The van der Waals surface area contributed by atoms with Gasteiger partial charge in [-0.1, -0.05) is 30.3 Å². The quantitative estimate of drug-likeness (QED) is 0.470. The van der Waals surface area contributed by atoms with Gasteiger partial charge in [-0.15, -0.1) is 0 Å². The van der Waals surface area contributed by atoms with Crippen LogP contribution in [-0.2, 0) is 12.7 Å². The number of aromatic nitrogens is 1. The summed E-state index contributed by atoms with van der Waals surface area (Å²) in [5.74, 6) is 0.330. The first-order valence-electron chi connectivity index (χ1n) is 6.78. The number of hydrogen-bond donors (Lipinski definition) is 0. The Hall–Kier alpha value is -1.82. The van der Waals surface area contributed by atoms with Crippen LogP contribution < -0.4 is 33.4 Å². The van der Waals surface area contributed by atoms with Crippen molar-refractivity contribution < 1.29 is 41.7 Å². The van der Waals surface area contributed by atoms with Crippen LogP contribution in [0.5, 0.6) is 0 Å². The smallest absolute Gasteiger partial charge is 0.418 e. The number of alkyl halides is 3. The van der Waals surface area contributed by atoms with Crippen LogP contribution in [0.25, 0.3) is 11.3 Å². The Kier molecular flexibility index (Phi) is 4.84. The van der Waals surface area contributed by atoms with Crippen molar-refractivity contribution in [2.75, 3.05) is 18.5 Å². The van der Waals surface area contributed by atoms with Gasteiger partial charge in [-0.3, -0.25) is 4.90 Å². The maximum atomic E-state index is 13.3. The monoisotopic (exact) mass is 431 g/mol. The van der Waals surface area contributed by atoms with Crippen LogP contribution in [0.1, 0.15) is 11.1 Å². The molecule has 0 bridgehead atoms. The summed E-state index contributed by atoms with van der Waals surface area (Å²) in [4.78, 5) is 1.69. The molecule has 0 atom stereocenters. The number of nitriles is 1. The summed E-state index contributed by atoms with van der Waals surface area (Å²) in [7, 11) is 1.70. The van der Waals surface area contributed by atoms with Crippen molar-refractivity contribution in [1.29, 1.82) is 5.26 Å². The molecule has 1 aromatic heterocycles. The van der Waals surface area contributed by atoms with Crippen LogP contribution in [0.3, 0.4) is 0 Å². The molecule has 0 amide bonds. The fourth-order valence-corrected chi connectivity index (χ4v) is 2.82. The lowest BCUT2D eigenvalue weighted by atomic mass is 10.0. The predicted molar refractivity (Wildman–Crippen MR) is 75.1 cm³/mol. The lowest BCUT2D eigenvalue weighted by Crippen LogP contribution is -3.00. The van der Waals surface area contributed by atoms with Gasteiger partial charge in [0.25, 0.3) is 5.82 Å². The molecule has 1 aliphatic heterocycles. The third-order valence-electron chi connectivity index (χ3n) is 3.83. The molecule has 7 heteroatoms. The van der Waals surface area contributed by atoms with E-state index in [-0.39, 0.29) is 29.5 Å². The SMILES string of the molecule is CN1CC[n+]2c(-c3ccccc3)cc(C(F)(F)F)c(C#N)c21.[I-]. The summed E-state index contributed by atoms with van der Waals surface area (Å²) in [5.41, 5.74) is -0.0126. The summed E-state index contributed by atoms with van der Waals surface area (Å²) in [5, 5.41) is 9.24. The summed E-state index contributed by atoms with van der Waals surface area (Å²) in [6.45, 7) is 1.14. The molecule has 23 heavy (non-hydrogen) atoms. The summed E-state index contributed by atoms with van der Waals surface area (Å²) in [6, 6.07) is 11.7. The summed E-state index contributed by atoms with van der Waals surface area (Å²) < 4.78 is 41.8. The highest BCUT2D eigenvalue weighted by atomic mass is 127. The molecular weight excluding hydrogens is 418 g/mol. The van der Waals surface area contributed by atoms with Crippen LogP contribution >= 0.6 is 0 Å². The van der Waals surface area contributed by atoms with Crippen LogP contribution in [0.15, 0.2) is 36.4 Å². The van der Waals surface area contributed by atoms with E-state index in [2.05, 4.69) is 0 Å². The molecule has 0 N–H and O–H groups in total. The Morgan fingerprint density at radius 2 is 1.87 bits per heavy atom. The first kappa shape index (κ1) is 17.5. The van der Waals surface area contributed by atoms with Crippen molar-refractivity contribution in [3.05, 3.63) is 47.5 Å². The van der Waals surface area contributed by atoms with Gasteiger partial charge in [0.1, 0.15) is 24.9 Å². The highest BCUT2D eigenvalue weighted by Gasteiger charge is 2.42. The number of fused-ring (bicyclic) bond motifs is 1. The van der Waals surface area contributed by atoms with Crippen molar-refractivity contribution in [3.8, 4) is 17.3 Å². The van der Waals surface area contributed by atoms with Gasteiger partial charge in [-0.25, -0.2) is 4.57 Å². The molecule has 0 aliphatic carbocycles. The van der Waals surface area contributed by atoms with Gasteiger partial charge < -0.3 is 24.0 Å². The zero-order valence-corrected chi connectivity index (χ0v) is 14.4. The fourth-order valence-electron chi connectivity index (χ4n) is 2.82. The molecule has 0 radical (unpaired) electrons. The molecule has 3 nitrogen and oxygen atoms in total. The van der Waals surface area contributed by atoms with Crippen molar-refractivity contribution in [2.45, 2.75) is 12.7 Å². The Labute approximate surface area is 149 Å². The molecule has 0 saturated heterocycles. The Bertz CT molecular complexity index is 767. The van der Waals surface area contributed by atoms with E-state index in [0.717, 1.165) is 6.07 Å². The molecule has 2 heterocycles. The maximum absolute atomic E-state index is 13.3. The number of halogens is 4. The largest absolute Gasteiger partial charge is 1.00 e. The number of benzene rings is 1. The highest BCUT2D eigenvalue weighted by molar-refractivity contribution is 5.64. The first-order valence-corrected chi connectivity index (χ1v) is 6.78. The molecule has 120 valence electrons. The number of nitrogens with zero attached hydrogens (tertiary/aromatic N) is 3. The molecule has 1 aliphatic rings. The van der Waals surface area contributed by atoms with Crippen molar-refractivity contribution in [2.24, 2.45) is 0 Å². The second-order valence-electron chi connectivity index (χ2n) is 5.19. The van der Waals surface area contributed by atoms with Crippen LogP contribution in [-0.4, -0.2) is 13.6 Å². The Morgan fingerprint density at radius 3 is 2.43 bits per heavy atom. The van der Waals surface area contributed by atoms with Crippen molar-refractivity contribution >= 4 is 5.82 Å². The zero-order chi connectivity index (χ0) is 15.9. The molecule has 1 aromatic carbocycles. The average Bonchev–Trinajstić information content (AvgIpc) is 2.88. The predicted octanol–water partition coefficient (Wildman–Crippen LogP) is -0.0146. The minimum Gasteiger partial charge on any atom is -1.00 e. The van der Waals surface area contributed by atoms with Gasteiger partial charge in [0.05, 0.1) is 12.6 Å². The number of likely N-dealkylation sites (N-methyl/N-ethyl adjacent to an activating group) is 1. The fraction of sp³-hybridized carbons (Fsp3) is 0.250. The molecule has 0 unspecified atom stereocenters. The number of hydrogen-bond acceptors (Lipinski definition) is 2. The summed E-state index contributed by atoms with van der Waals surface area (Å²) in [6.07, 6.45) is -4.56. The minimum absolute atomic E-state index is 0. The van der Waals surface area contributed by atoms with E-state index in [0.29, 0.717) is 30.2 Å². The number of anilines is 1. The topological polar surface area (TPSA) is 30.9 Å². The third-order valence-corrected chi connectivity index (χ3v) is 3.83. The lowest BCUT2D eigenvalue weighted by Gasteiger charge is -2.14. The molecule has 3 rings (SSSR count). The Balaban J connectivity index is 0.00000192. The van der Waals surface area contributed by atoms with Gasteiger partial charge in [0.15, 0.2) is 5.56 Å².